The molecule has 0 bridgehead atoms. The summed E-state index contributed by atoms with van der Waals surface area (Å²) in [6, 6.07) is 5.29. The average molecular weight is 399 g/mol. The zero-order valence-electron chi connectivity index (χ0n) is 19.6. The number of benzene rings is 3. The van der Waals surface area contributed by atoms with Crippen molar-refractivity contribution in [1.82, 2.24) is 0 Å². The van der Waals surface area contributed by atoms with Crippen molar-refractivity contribution in [2.45, 2.75) is 105 Å². The monoisotopic (exact) mass is 398 g/mol. The Morgan fingerprint density at radius 2 is 0.667 bits per heavy atom. The Morgan fingerprint density at radius 3 is 0.867 bits per heavy atom. The third kappa shape index (κ3) is 2.86. The second-order valence-electron chi connectivity index (χ2n) is 9.60. The maximum absolute atomic E-state index is 2.64. The molecule has 0 N–H and O–H groups in total. The lowest BCUT2D eigenvalue weighted by Crippen LogP contribution is -2.12. The van der Waals surface area contributed by atoms with Gasteiger partial charge in [-0.2, -0.15) is 0 Å². The minimum absolute atomic E-state index is 1.17. The lowest BCUT2D eigenvalue weighted by molar-refractivity contribution is 0.674. The van der Waals surface area contributed by atoms with Crippen LogP contribution in [0.3, 0.4) is 0 Å². The van der Waals surface area contributed by atoms with E-state index in [0.29, 0.717) is 0 Å². The van der Waals surface area contributed by atoms with Crippen LogP contribution in [0.1, 0.15) is 97.9 Å². The summed E-state index contributed by atoms with van der Waals surface area (Å²) in [6.07, 6.45) is 15.3. The SMILES string of the molecule is CCc1c2c(c(CC)c3cc4c(CC)c5c(c(CC)c4cc13)CCCC5)CCCC2. The molecule has 3 aromatic carbocycles. The van der Waals surface area contributed by atoms with Gasteiger partial charge in [0, 0.05) is 0 Å². The summed E-state index contributed by atoms with van der Waals surface area (Å²) in [4.78, 5) is 0. The van der Waals surface area contributed by atoms with Gasteiger partial charge in [-0.05, 0) is 155 Å². The van der Waals surface area contributed by atoms with E-state index >= 15 is 0 Å². The predicted molar refractivity (Wildman–Crippen MR) is 132 cm³/mol. The Bertz CT molecular complexity index is 952. The molecule has 0 radical (unpaired) electrons. The molecule has 0 saturated carbocycles. The van der Waals surface area contributed by atoms with E-state index in [0.717, 1.165) is 0 Å². The first-order valence-corrected chi connectivity index (χ1v) is 12.8. The molecular weight excluding hydrogens is 360 g/mol. The standard InChI is InChI=1S/C30H38/c1-5-19-23-13-9-10-14-24(23)20(6-2)28-18-30-22(8-4)26-16-12-11-15-25(26)21(7-3)29(30)17-27(19)28/h17-18H,5-16H2,1-4H3. The highest BCUT2D eigenvalue weighted by Crippen LogP contribution is 2.42. The lowest BCUT2D eigenvalue weighted by Gasteiger charge is -2.28. The number of hydrogen-bond acceptors (Lipinski definition) is 0. The van der Waals surface area contributed by atoms with Crippen LogP contribution in [-0.2, 0) is 51.4 Å². The molecule has 0 heteroatoms. The van der Waals surface area contributed by atoms with Gasteiger partial charge >= 0.3 is 0 Å². The number of fused-ring (bicyclic) bond motifs is 4. The van der Waals surface area contributed by atoms with Crippen LogP contribution in [0.2, 0.25) is 0 Å². The van der Waals surface area contributed by atoms with Crippen LogP contribution in [-0.4, -0.2) is 0 Å². The second-order valence-corrected chi connectivity index (χ2v) is 9.60. The molecule has 0 saturated heterocycles. The van der Waals surface area contributed by atoms with Crippen molar-refractivity contribution in [2.75, 3.05) is 0 Å². The van der Waals surface area contributed by atoms with Gasteiger partial charge in [-0.15, -0.1) is 0 Å². The van der Waals surface area contributed by atoms with Crippen LogP contribution in [0.25, 0.3) is 21.5 Å². The highest BCUT2D eigenvalue weighted by molar-refractivity contribution is 6.05. The Hall–Kier alpha value is -1.82. The van der Waals surface area contributed by atoms with Gasteiger partial charge in [-0.25, -0.2) is 0 Å². The summed E-state index contributed by atoms with van der Waals surface area (Å²) in [6.45, 7) is 9.52. The Morgan fingerprint density at radius 1 is 0.433 bits per heavy atom. The normalized spacial score (nSPS) is 16.1. The van der Waals surface area contributed by atoms with Crippen LogP contribution >= 0.6 is 0 Å². The summed E-state index contributed by atoms with van der Waals surface area (Å²) in [5.74, 6) is 0. The Kier molecular flexibility index (Phi) is 5.38. The molecule has 0 unspecified atom stereocenters. The predicted octanol–water partition coefficient (Wildman–Crippen LogP) is 8.00. The van der Waals surface area contributed by atoms with Crippen LogP contribution < -0.4 is 0 Å². The van der Waals surface area contributed by atoms with Gasteiger partial charge in [0.2, 0.25) is 0 Å². The zero-order chi connectivity index (χ0) is 20.8. The van der Waals surface area contributed by atoms with Crippen molar-refractivity contribution in [3.05, 3.63) is 56.6 Å². The van der Waals surface area contributed by atoms with E-state index < -0.39 is 0 Å². The molecule has 0 atom stereocenters. The molecule has 0 fully saturated rings. The van der Waals surface area contributed by atoms with Gasteiger partial charge < -0.3 is 0 Å². The average Bonchev–Trinajstić information content (AvgIpc) is 2.79. The van der Waals surface area contributed by atoms with E-state index in [9.17, 15) is 0 Å². The fraction of sp³-hybridized carbons (Fsp3) is 0.533. The quantitative estimate of drug-likeness (QED) is 0.390. The van der Waals surface area contributed by atoms with E-state index in [1.165, 1.54) is 77.0 Å². The molecule has 0 aliphatic heterocycles. The minimum Gasteiger partial charge on any atom is -0.0613 e. The summed E-state index contributed by atoms with van der Waals surface area (Å²) < 4.78 is 0. The van der Waals surface area contributed by atoms with Crippen molar-refractivity contribution in [2.24, 2.45) is 0 Å². The molecule has 0 spiro atoms. The fourth-order valence-corrected chi connectivity index (χ4v) is 7.01. The first-order chi connectivity index (χ1) is 14.7. The molecule has 0 amide bonds. The van der Waals surface area contributed by atoms with E-state index in [4.69, 9.17) is 0 Å². The van der Waals surface area contributed by atoms with Gasteiger partial charge in [0.25, 0.3) is 0 Å². The largest absolute Gasteiger partial charge is 0.0613 e. The number of hydrogen-bond donors (Lipinski definition) is 0. The van der Waals surface area contributed by atoms with E-state index in [1.54, 1.807) is 66.1 Å². The topological polar surface area (TPSA) is 0 Å². The molecule has 2 aliphatic rings. The van der Waals surface area contributed by atoms with Gasteiger partial charge in [0.15, 0.2) is 0 Å². The third-order valence-electron chi connectivity index (χ3n) is 8.27. The van der Waals surface area contributed by atoms with Crippen LogP contribution in [0, 0.1) is 0 Å². The first kappa shape index (κ1) is 20.1. The molecule has 3 aromatic rings. The minimum atomic E-state index is 1.17. The van der Waals surface area contributed by atoms with Gasteiger partial charge in [0.05, 0.1) is 0 Å². The highest BCUT2D eigenvalue weighted by Gasteiger charge is 2.24. The van der Waals surface area contributed by atoms with Crippen molar-refractivity contribution < 1.29 is 0 Å². The first-order valence-electron chi connectivity index (χ1n) is 12.8. The molecule has 30 heavy (non-hydrogen) atoms. The maximum Gasteiger partial charge on any atom is -0.0140 e. The van der Waals surface area contributed by atoms with Crippen molar-refractivity contribution >= 4 is 21.5 Å². The molecule has 5 rings (SSSR count). The highest BCUT2D eigenvalue weighted by atomic mass is 14.3. The molecule has 158 valence electrons. The maximum atomic E-state index is 2.64. The number of aryl methyl sites for hydroxylation is 4. The van der Waals surface area contributed by atoms with Crippen molar-refractivity contribution in [3.8, 4) is 0 Å². The summed E-state index contributed by atoms with van der Waals surface area (Å²) in [5, 5.41) is 6.31. The summed E-state index contributed by atoms with van der Waals surface area (Å²) in [7, 11) is 0. The third-order valence-corrected chi connectivity index (χ3v) is 8.27. The zero-order valence-corrected chi connectivity index (χ0v) is 19.6. The fourth-order valence-electron chi connectivity index (χ4n) is 7.01. The van der Waals surface area contributed by atoms with E-state index in [-0.39, 0.29) is 0 Å². The Balaban J connectivity index is 1.97. The van der Waals surface area contributed by atoms with Crippen LogP contribution in [0.15, 0.2) is 12.1 Å². The second kappa shape index (κ2) is 8.03. The molecule has 0 aromatic heterocycles. The Labute approximate surface area is 183 Å². The van der Waals surface area contributed by atoms with Gasteiger partial charge in [0.1, 0.15) is 0 Å². The lowest BCUT2D eigenvalue weighted by atomic mass is 9.76. The summed E-state index contributed by atoms with van der Waals surface area (Å²) in [5.41, 5.74) is 13.5. The molecule has 0 nitrogen and oxygen atoms in total. The molecule has 2 aliphatic carbocycles. The molecular formula is C30H38. The van der Waals surface area contributed by atoms with Crippen molar-refractivity contribution in [3.63, 3.8) is 0 Å². The van der Waals surface area contributed by atoms with Gasteiger partial charge in [-0.3, -0.25) is 0 Å². The van der Waals surface area contributed by atoms with Crippen LogP contribution in [0.4, 0.5) is 0 Å². The number of rotatable bonds is 4. The van der Waals surface area contributed by atoms with E-state index in [2.05, 4.69) is 39.8 Å². The van der Waals surface area contributed by atoms with E-state index in [1.807, 2.05) is 0 Å². The smallest absolute Gasteiger partial charge is 0.0140 e. The van der Waals surface area contributed by atoms with Gasteiger partial charge in [-0.1, -0.05) is 27.7 Å². The van der Waals surface area contributed by atoms with Crippen LogP contribution in [0.5, 0.6) is 0 Å². The molecule has 0 heterocycles. The summed E-state index contributed by atoms with van der Waals surface area (Å²) >= 11 is 0. The van der Waals surface area contributed by atoms with Crippen molar-refractivity contribution in [1.29, 1.82) is 0 Å².